The molecule has 0 radical (unpaired) electrons. The second kappa shape index (κ2) is 7.56. The molecule has 0 bridgehead atoms. The van der Waals surface area contributed by atoms with Crippen molar-refractivity contribution in [2.75, 3.05) is 19.7 Å². The topological polar surface area (TPSA) is 21.3 Å². The van der Waals surface area contributed by atoms with Crippen LogP contribution in [0.25, 0.3) is 0 Å². The minimum Gasteiger partial charge on any atom is -0.487 e. The molecule has 0 aliphatic carbocycles. The molecule has 0 saturated heterocycles. The van der Waals surface area contributed by atoms with Crippen molar-refractivity contribution in [2.24, 2.45) is 0 Å². The molecular weight excluding hydrogens is 414 g/mol. The Labute approximate surface area is 127 Å². The Morgan fingerprint density at radius 1 is 1.29 bits per heavy atom. The minimum absolute atomic E-state index is 0.506. The molecule has 0 spiro atoms. The first-order chi connectivity index (χ1) is 8.04. The maximum Gasteiger partial charge on any atom is 0.148 e. The van der Waals surface area contributed by atoms with Crippen molar-refractivity contribution < 1.29 is 4.74 Å². The number of hydrogen-bond donors (Lipinski definition) is 1. The average Bonchev–Trinajstić information content (AvgIpc) is 2.24. The molecule has 0 unspecified atom stereocenters. The van der Waals surface area contributed by atoms with E-state index in [2.05, 4.69) is 66.6 Å². The van der Waals surface area contributed by atoms with Crippen LogP contribution in [0, 0.1) is 0 Å². The van der Waals surface area contributed by atoms with Crippen molar-refractivity contribution in [2.45, 2.75) is 6.92 Å². The summed E-state index contributed by atoms with van der Waals surface area (Å²) in [5, 5.41) is 3.21. The molecule has 0 aliphatic heterocycles. The standard InChI is InChI=1S/C12H14Br3NO/c1-3-16-6-8(2)7-17-12-10(14)4-9(13)5-11(12)15/h4-5,16H,2-3,6-7H2,1H3. The van der Waals surface area contributed by atoms with Gasteiger partial charge < -0.3 is 10.1 Å². The highest BCUT2D eigenvalue weighted by Crippen LogP contribution is 2.36. The van der Waals surface area contributed by atoms with Crippen molar-refractivity contribution in [1.29, 1.82) is 0 Å². The van der Waals surface area contributed by atoms with Gasteiger partial charge in [0.05, 0.1) is 8.95 Å². The summed E-state index contributed by atoms with van der Waals surface area (Å²) >= 11 is 10.4. The van der Waals surface area contributed by atoms with E-state index in [1.807, 2.05) is 12.1 Å². The third kappa shape index (κ3) is 5.12. The van der Waals surface area contributed by atoms with Gasteiger partial charge in [0.25, 0.3) is 0 Å². The van der Waals surface area contributed by atoms with Gasteiger partial charge in [-0.25, -0.2) is 0 Å². The zero-order valence-corrected chi connectivity index (χ0v) is 14.3. The quantitative estimate of drug-likeness (QED) is 0.674. The van der Waals surface area contributed by atoms with Gasteiger partial charge in [0, 0.05) is 11.0 Å². The van der Waals surface area contributed by atoms with Gasteiger partial charge in [0.2, 0.25) is 0 Å². The Hall–Kier alpha value is 0.160. The van der Waals surface area contributed by atoms with Gasteiger partial charge in [-0.2, -0.15) is 0 Å². The maximum absolute atomic E-state index is 5.73. The highest BCUT2D eigenvalue weighted by molar-refractivity contribution is 9.11. The third-order valence-electron chi connectivity index (χ3n) is 2.01. The number of benzene rings is 1. The predicted molar refractivity (Wildman–Crippen MR) is 82.7 cm³/mol. The SMILES string of the molecule is C=C(CNCC)COc1c(Br)cc(Br)cc1Br. The van der Waals surface area contributed by atoms with Gasteiger partial charge in [0.15, 0.2) is 0 Å². The molecule has 94 valence electrons. The fourth-order valence-electron chi connectivity index (χ4n) is 1.19. The van der Waals surface area contributed by atoms with Crippen LogP contribution in [0.2, 0.25) is 0 Å². The number of halogens is 3. The molecule has 1 N–H and O–H groups in total. The van der Waals surface area contributed by atoms with E-state index in [4.69, 9.17) is 4.74 Å². The molecule has 2 nitrogen and oxygen atoms in total. The normalized spacial score (nSPS) is 10.4. The van der Waals surface area contributed by atoms with E-state index in [0.29, 0.717) is 6.61 Å². The number of likely N-dealkylation sites (N-methyl/N-ethyl adjacent to an activating group) is 1. The molecule has 0 amide bonds. The average molecular weight is 428 g/mol. The van der Waals surface area contributed by atoms with E-state index in [9.17, 15) is 0 Å². The molecule has 1 aromatic carbocycles. The highest BCUT2D eigenvalue weighted by atomic mass is 79.9. The first-order valence-electron chi connectivity index (χ1n) is 5.19. The van der Waals surface area contributed by atoms with E-state index in [1.54, 1.807) is 0 Å². The van der Waals surface area contributed by atoms with Crippen molar-refractivity contribution in [3.63, 3.8) is 0 Å². The number of ether oxygens (including phenoxy) is 1. The molecule has 5 heteroatoms. The van der Waals surface area contributed by atoms with Crippen LogP contribution in [0.4, 0.5) is 0 Å². The van der Waals surface area contributed by atoms with Crippen LogP contribution >= 0.6 is 47.8 Å². The molecule has 17 heavy (non-hydrogen) atoms. The van der Waals surface area contributed by atoms with Crippen LogP contribution in [0.15, 0.2) is 37.7 Å². The van der Waals surface area contributed by atoms with Gasteiger partial charge >= 0.3 is 0 Å². The van der Waals surface area contributed by atoms with Gasteiger partial charge in [-0.1, -0.05) is 29.4 Å². The minimum atomic E-state index is 0.506. The summed E-state index contributed by atoms with van der Waals surface area (Å²) in [7, 11) is 0. The van der Waals surface area contributed by atoms with E-state index in [0.717, 1.165) is 37.8 Å². The van der Waals surface area contributed by atoms with Gasteiger partial charge in [-0.3, -0.25) is 0 Å². The van der Waals surface area contributed by atoms with Crippen LogP contribution in [-0.4, -0.2) is 19.7 Å². The first-order valence-corrected chi connectivity index (χ1v) is 7.57. The van der Waals surface area contributed by atoms with Crippen LogP contribution < -0.4 is 10.1 Å². The molecular formula is C12H14Br3NO. The van der Waals surface area contributed by atoms with Crippen molar-refractivity contribution in [1.82, 2.24) is 5.32 Å². The number of hydrogen-bond acceptors (Lipinski definition) is 2. The number of nitrogens with one attached hydrogen (secondary N) is 1. The fraction of sp³-hybridized carbons (Fsp3) is 0.333. The first kappa shape index (κ1) is 15.2. The summed E-state index contributed by atoms with van der Waals surface area (Å²) < 4.78 is 8.55. The van der Waals surface area contributed by atoms with Crippen molar-refractivity contribution >= 4 is 47.8 Å². The fourth-order valence-corrected chi connectivity index (χ4v) is 3.68. The number of rotatable bonds is 6. The molecule has 1 rings (SSSR count). The Balaban J connectivity index is 2.60. The molecule has 0 heterocycles. The summed E-state index contributed by atoms with van der Waals surface area (Å²) in [6.07, 6.45) is 0. The largest absolute Gasteiger partial charge is 0.487 e. The van der Waals surface area contributed by atoms with E-state index < -0.39 is 0 Å². The second-order valence-electron chi connectivity index (χ2n) is 3.52. The summed E-state index contributed by atoms with van der Waals surface area (Å²) in [6.45, 7) is 8.24. The lowest BCUT2D eigenvalue weighted by Gasteiger charge is -2.12. The van der Waals surface area contributed by atoms with Gasteiger partial charge in [-0.15, -0.1) is 0 Å². The maximum atomic E-state index is 5.73. The van der Waals surface area contributed by atoms with E-state index in [-0.39, 0.29) is 0 Å². The van der Waals surface area contributed by atoms with Crippen molar-refractivity contribution in [3.8, 4) is 5.75 Å². The lowest BCUT2D eigenvalue weighted by atomic mass is 10.3. The molecule has 0 atom stereocenters. The second-order valence-corrected chi connectivity index (χ2v) is 6.14. The highest BCUT2D eigenvalue weighted by Gasteiger charge is 2.08. The Morgan fingerprint density at radius 3 is 2.41 bits per heavy atom. The van der Waals surface area contributed by atoms with E-state index >= 15 is 0 Å². The van der Waals surface area contributed by atoms with Crippen LogP contribution in [0.3, 0.4) is 0 Å². The van der Waals surface area contributed by atoms with Crippen LogP contribution in [-0.2, 0) is 0 Å². The molecule has 0 aromatic heterocycles. The zero-order chi connectivity index (χ0) is 12.8. The third-order valence-corrected chi connectivity index (χ3v) is 3.64. The lowest BCUT2D eigenvalue weighted by Crippen LogP contribution is -2.18. The smallest absolute Gasteiger partial charge is 0.148 e. The molecule has 0 saturated carbocycles. The monoisotopic (exact) mass is 425 g/mol. The Morgan fingerprint density at radius 2 is 1.88 bits per heavy atom. The molecule has 1 aromatic rings. The lowest BCUT2D eigenvalue weighted by molar-refractivity contribution is 0.344. The molecule has 0 fully saturated rings. The zero-order valence-electron chi connectivity index (χ0n) is 9.53. The Kier molecular flexibility index (Phi) is 6.77. The van der Waals surface area contributed by atoms with Crippen molar-refractivity contribution in [3.05, 3.63) is 37.7 Å². The summed E-state index contributed by atoms with van der Waals surface area (Å²) in [5.74, 6) is 0.797. The summed E-state index contributed by atoms with van der Waals surface area (Å²) in [5.41, 5.74) is 1.02. The Bertz CT molecular complexity index is 384. The molecule has 0 aliphatic rings. The van der Waals surface area contributed by atoms with Gasteiger partial charge in [-0.05, 0) is 56.1 Å². The van der Waals surface area contributed by atoms with Crippen LogP contribution in [0.1, 0.15) is 6.92 Å². The van der Waals surface area contributed by atoms with E-state index in [1.165, 1.54) is 0 Å². The van der Waals surface area contributed by atoms with Crippen LogP contribution in [0.5, 0.6) is 5.75 Å². The summed E-state index contributed by atoms with van der Waals surface area (Å²) in [4.78, 5) is 0. The summed E-state index contributed by atoms with van der Waals surface area (Å²) in [6, 6.07) is 3.90. The van der Waals surface area contributed by atoms with Gasteiger partial charge in [0.1, 0.15) is 12.4 Å². The predicted octanol–water partition coefficient (Wildman–Crippen LogP) is 4.52.